The van der Waals surface area contributed by atoms with Crippen molar-refractivity contribution in [1.29, 1.82) is 0 Å². The zero-order valence-corrected chi connectivity index (χ0v) is 10.4. The lowest BCUT2D eigenvalue weighted by Crippen LogP contribution is -2.43. The number of aliphatic hydroxyl groups is 1. The summed E-state index contributed by atoms with van der Waals surface area (Å²) in [6.45, 7) is 5.78. The molecule has 1 aliphatic carbocycles. The molecule has 0 aromatic carbocycles. The van der Waals surface area contributed by atoms with Gasteiger partial charge < -0.3 is 15.7 Å². The fraction of sp³-hybridized carbons (Fsp3) is 1.00. The van der Waals surface area contributed by atoms with Gasteiger partial charge in [0, 0.05) is 11.6 Å². The summed E-state index contributed by atoms with van der Waals surface area (Å²) in [5, 5.41) is 9.20. The van der Waals surface area contributed by atoms with Crippen LogP contribution in [0.3, 0.4) is 0 Å². The van der Waals surface area contributed by atoms with E-state index in [2.05, 4.69) is 25.8 Å². The van der Waals surface area contributed by atoms with E-state index in [-0.39, 0.29) is 12.1 Å². The molecule has 0 amide bonds. The maximum Gasteiger partial charge on any atom is 0.0611 e. The lowest BCUT2D eigenvalue weighted by atomic mass is 10.0. The first kappa shape index (κ1) is 12.9. The Hall–Kier alpha value is -0.120. The minimum absolute atomic E-state index is 0.127. The highest BCUT2D eigenvalue weighted by atomic mass is 16.3. The molecular weight excluding hydrogens is 188 g/mol. The largest absolute Gasteiger partial charge is 0.394 e. The van der Waals surface area contributed by atoms with Crippen LogP contribution in [0, 0.1) is 5.92 Å². The first-order valence-electron chi connectivity index (χ1n) is 6.07. The summed E-state index contributed by atoms with van der Waals surface area (Å²) in [5.74, 6) is 0.759. The third-order valence-corrected chi connectivity index (χ3v) is 3.62. The van der Waals surface area contributed by atoms with Crippen LogP contribution in [0.5, 0.6) is 0 Å². The standard InChI is InChI=1S/C12H26N2O/c1-10(2)5-7-14(3)11-4-6-12(13,8-11)9-15/h10-11,15H,4-9,13H2,1-3H3. The lowest BCUT2D eigenvalue weighted by Gasteiger charge is -2.27. The molecule has 0 aromatic rings. The van der Waals surface area contributed by atoms with Gasteiger partial charge in [-0.3, -0.25) is 0 Å². The van der Waals surface area contributed by atoms with Crippen molar-refractivity contribution in [3.05, 3.63) is 0 Å². The van der Waals surface area contributed by atoms with Crippen LogP contribution in [0.25, 0.3) is 0 Å². The van der Waals surface area contributed by atoms with E-state index in [4.69, 9.17) is 5.73 Å². The van der Waals surface area contributed by atoms with Gasteiger partial charge >= 0.3 is 0 Å². The third-order valence-electron chi connectivity index (χ3n) is 3.62. The summed E-state index contributed by atoms with van der Waals surface area (Å²) in [5.41, 5.74) is 5.76. The van der Waals surface area contributed by atoms with E-state index in [9.17, 15) is 5.11 Å². The van der Waals surface area contributed by atoms with Crippen molar-refractivity contribution in [2.75, 3.05) is 20.2 Å². The maximum absolute atomic E-state index is 9.20. The normalized spacial score (nSPS) is 31.8. The van der Waals surface area contributed by atoms with E-state index in [1.54, 1.807) is 0 Å². The molecule has 0 bridgehead atoms. The van der Waals surface area contributed by atoms with Crippen molar-refractivity contribution in [3.63, 3.8) is 0 Å². The van der Waals surface area contributed by atoms with Gasteiger partial charge in [-0.05, 0) is 45.2 Å². The van der Waals surface area contributed by atoms with Gasteiger partial charge in [-0.15, -0.1) is 0 Å². The zero-order valence-electron chi connectivity index (χ0n) is 10.4. The molecule has 0 aromatic heterocycles. The van der Waals surface area contributed by atoms with Crippen LogP contribution < -0.4 is 5.73 Å². The summed E-state index contributed by atoms with van der Waals surface area (Å²) in [6.07, 6.45) is 4.27. The highest BCUT2D eigenvalue weighted by molar-refractivity contribution is 4.96. The molecule has 3 N–H and O–H groups in total. The predicted molar refractivity (Wildman–Crippen MR) is 63.7 cm³/mol. The second-order valence-corrected chi connectivity index (χ2v) is 5.58. The molecular formula is C12H26N2O. The number of aliphatic hydroxyl groups excluding tert-OH is 1. The number of nitrogens with zero attached hydrogens (tertiary/aromatic N) is 1. The van der Waals surface area contributed by atoms with Crippen molar-refractivity contribution in [3.8, 4) is 0 Å². The maximum atomic E-state index is 9.20. The monoisotopic (exact) mass is 214 g/mol. The molecule has 1 saturated carbocycles. The molecule has 90 valence electrons. The van der Waals surface area contributed by atoms with E-state index in [0.29, 0.717) is 6.04 Å². The smallest absolute Gasteiger partial charge is 0.0611 e. The summed E-state index contributed by atoms with van der Waals surface area (Å²) >= 11 is 0. The average molecular weight is 214 g/mol. The summed E-state index contributed by atoms with van der Waals surface area (Å²) in [7, 11) is 2.18. The van der Waals surface area contributed by atoms with Gasteiger partial charge in [0.1, 0.15) is 0 Å². The van der Waals surface area contributed by atoms with Crippen LogP contribution in [-0.4, -0.2) is 41.8 Å². The van der Waals surface area contributed by atoms with E-state index in [1.807, 2.05) is 0 Å². The summed E-state index contributed by atoms with van der Waals surface area (Å²) in [6, 6.07) is 0.570. The summed E-state index contributed by atoms with van der Waals surface area (Å²) in [4.78, 5) is 2.41. The molecule has 1 rings (SSSR count). The van der Waals surface area contributed by atoms with Gasteiger partial charge in [0.15, 0.2) is 0 Å². The minimum Gasteiger partial charge on any atom is -0.394 e. The van der Waals surface area contributed by atoms with Crippen molar-refractivity contribution in [2.45, 2.75) is 51.1 Å². The molecule has 0 spiro atoms. The van der Waals surface area contributed by atoms with E-state index >= 15 is 0 Å². The van der Waals surface area contributed by atoms with Crippen molar-refractivity contribution < 1.29 is 5.11 Å². The van der Waals surface area contributed by atoms with Crippen molar-refractivity contribution >= 4 is 0 Å². The molecule has 0 saturated heterocycles. The molecule has 0 aliphatic heterocycles. The Morgan fingerprint density at radius 3 is 2.67 bits per heavy atom. The van der Waals surface area contributed by atoms with Crippen LogP contribution in [0.2, 0.25) is 0 Å². The minimum atomic E-state index is -0.309. The van der Waals surface area contributed by atoms with Gasteiger partial charge in [0.25, 0.3) is 0 Å². The predicted octanol–water partition coefficient (Wildman–Crippen LogP) is 1.21. The Bertz CT molecular complexity index is 196. The SMILES string of the molecule is CC(C)CCN(C)C1CCC(N)(CO)C1. The average Bonchev–Trinajstić information content (AvgIpc) is 2.58. The lowest BCUT2D eigenvalue weighted by molar-refractivity contribution is 0.178. The Morgan fingerprint density at radius 1 is 1.53 bits per heavy atom. The highest BCUT2D eigenvalue weighted by Gasteiger charge is 2.36. The second-order valence-electron chi connectivity index (χ2n) is 5.58. The van der Waals surface area contributed by atoms with Gasteiger partial charge in [-0.2, -0.15) is 0 Å². The van der Waals surface area contributed by atoms with E-state index in [1.165, 1.54) is 6.42 Å². The molecule has 15 heavy (non-hydrogen) atoms. The first-order valence-corrected chi connectivity index (χ1v) is 6.07. The fourth-order valence-electron chi connectivity index (χ4n) is 2.29. The van der Waals surface area contributed by atoms with Crippen molar-refractivity contribution in [1.82, 2.24) is 4.90 Å². The number of hydrogen-bond donors (Lipinski definition) is 2. The molecule has 2 unspecified atom stereocenters. The second kappa shape index (κ2) is 5.28. The van der Waals surface area contributed by atoms with E-state index in [0.717, 1.165) is 31.7 Å². The van der Waals surface area contributed by atoms with Crippen LogP contribution in [-0.2, 0) is 0 Å². The van der Waals surface area contributed by atoms with Crippen LogP contribution in [0.1, 0.15) is 39.5 Å². The Labute approximate surface area is 93.6 Å². The topological polar surface area (TPSA) is 49.5 Å². The Kier molecular flexibility index (Phi) is 4.56. The fourth-order valence-corrected chi connectivity index (χ4v) is 2.29. The first-order chi connectivity index (χ1) is 6.97. The van der Waals surface area contributed by atoms with Gasteiger partial charge in [0.05, 0.1) is 6.61 Å². The van der Waals surface area contributed by atoms with Gasteiger partial charge in [-0.25, -0.2) is 0 Å². The van der Waals surface area contributed by atoms with Crippen LogP contribution in [0.15, 0.2) is 0 Å². The highest BCUT2D eigenvalue weighted by Crippen LogP contribution is 2.30. The third kappa shape index (κ3) is 3.74. The van der Waals surface area contributed by atoms with Crippen LogP contribution in [0.4, 0.5) is 0 Å². The molecule has 1 fully saturated rings. The molecule has 3 nitrogen and oxygen atoms in total. The quantitative estimate of drug-likeness (QED) is 0.723. The van der Waals surface area contributed by atoms with Crippen molar-refractivity contribution in [2.24, 2.45) is 11.7 Å². The number of nitrogens with two attached hydrogens (primary N) is 1. The molecule has 2 atom stereocenters. The zero-order chi connectivity index (χ0) is 11.5. The van der Waals surface area contributed by atoms with E-state index < -0.39 is 0 Å². The number of rotatable bonds is 5. The van der Waals surface area contributed by atoms with Crippen LogP contribution >= 0.6 is 0 Å². The Morgan fingerprint density at radius 2 is 2.20 bits per heavy atom. The molecule has 3 heteroatoms. The molecule has 0 heterocycles. The Balaban J connectivity index is 2.33. The molecule has 0 radical (unpaired) electrons. The molecule has 1 aliphatic rings. The van der Waals surface area contributed by atoms with Gasteiger partial charge in [-0.1, -0.05) is 13.8 Å². The number of hydrogen-bond acceptors (Lipinski definition) is 3. The summed E-state index contributed by atoms with van der Waals surface area (Å²) < 4.78 is 0. The van der Waals surface area contributed by atoms with Gasteiger partial charge in [0.2, 0.25) is 0 Å².